The maximum atomic E-state index is 6.07. The van der Waals surface area contributed by atoms with Crippen LogP contribution in [0.2, 0.25) is 5.02 Å². The van der Waals surface area contributed by atoms with E-state index in [2.05, 4.69) is 22.2 Å². The van der Waals surface area contributed by atoms with Crippen LogP contribution in [0.3, 0.4) is 0 Å². The van der Waals surface area contributed by atoms with E-state index in [-0.39, 0.29) is 0 Å². The second-order valence-corrected chi connectivity index (χ2v) is 5.41. The van der Waals surface area contributed by atoms with Gasteiger partial charge in [0.2, 0.25) is 5.88 Å². The minimum atomic E-state index is 0.602. The predicted molar refractivity (Wildman–Crippen MR) is 86.6 cm³/mol. The van der Waals surface area contributed by atoms with Crippen molar-refractivity contribution in [1.82, 2.24) is 9.97 Å². The highest BCUT2D eigenvalue weighted by molar-refractivity contribution is 6.30. The molecule has 0 saturated heterocycles. The summed E-state index contributed by atoms with van der Waals surface area (Å²) in [7, 11) is 1.85. The van der Waals surface area contributed by atoms with Gasteiger partial charge in [-0.15, -0.1) is 0 Å². The Morgan fingerprint density at radius 1 is 1.19 bits per heavy atom. The van der Waals surface area contributed by atoms with E-state index in [1.54, 1.807) is 0 Å². The van der Waals surface area contributed by atoms with E-state index in [4.69, 9.17) is 16.3 Å². The summed E-state index contributed by atoms with van der Waals surface area (Å²) in [4.78, 5) is 8.55. The molecule has 112 valence electrons. The van der Waals surface area contributed by atoms with Gasteiger partial charge >= 0.3 is 0 Å². The monoisotopic (exact) mass is 305 g/mol. The molecule has 0 bridgehead atoms. The van der Waals surface area contributed by atoms with E-state index in [1.807, 2.05) is 33.0 Å². The van der Waals surface area contributed by atoms with Gasteiger partial charge in [0.05, 0.1) is 5.56 Å². The molecule has 0 spiro atoms. The fourth-order valence-corrected chi connectivity index (χ4v) is 2.66. The first-order chi connectivity index (χ1) is 10.1. The molecule has 1 aromatic carbocycles. The molecule has 0 aliphatic rings. The lowest BCUT2D eigenvalue weighted by Crippen LogP contribution is -2.04. The van der Waals surface area contributed by atoms with Crippen molar-refractivity contribution < 1.29 is 4.74 Å². The van der Waals surface area contributed by atoms with Gasteiger partial charge in [-0.2, -0.15) is 0 Å². The van der Waals surface area contributed by atoms with E-state index in [9.17, 15) is 0 Å². The minimum absolute atomic E-state index is 0.602. The summed E-state index contributed by atoms with van der Waals surface area (Å²) in [5.41, 5.74) is 2.98. The quantitative estimate of drug-likeness (QED) is 0.881. The predicted octanol–water partition coefficient (Wildman–Crippen LogP) is 4.53. The number of halogens is 1. The topological polar surface area (TPSA) is 47.0 Å². The average molecular weight is 306 g/mol. The van der Waals surface area contributed by atoms with Gasteiger partial charge in [-0.1, -0.05) is 24.9 Å². The van der Waals surface area contributed by atoms with Gasteiger partial charge in [0, 0.05) is 12.1 Å². The SMILES string of the molecule is CCCc1c(NC)ncnc1Oc1c(C)cc(Cl)cc1C. The van der Waals surface area contributed by atoms with E-state index in [1.165, 1.54) is 6.33 Å². The normalized spacial score (nSPS) is 10.5. The zero-order chi connectivity index (χ0) is 15.4. The zero-order valence-corrected chi connectivity index (χ0v) is 13.6. The van der Waals surface area contributed by atoms with Gasteiger partial charge in [0.1, 0.15) is 17.9 Å². The van der Waals surface area contributed by atoms with Gasteiger partial charge < -0.3 is 10.1 Å². The molecule has 4 nitrogen and oxygen atoms in total. The molecule has 5 heteroatoms. The fraction of sp³-hybridized carbons (Fsp3) is 0.375. The molecule has 0 saturated carbocycles. The maximum Gasteiger partial charge on any atom is 0.227 e. The van der Waals surface area contributed by atoms with Crippen LogP contribution >= 0.6 is 11.6 Å². The van der Waals surface area contributed by atoms with Crippen LogP contribution in [0.15, 0.2) is 18.5 Å². The molecule has 0 fully saturated rings. The number of anilines is 1. The number of hydrogen-bond donors (Lipinski definition) is 1. The van der Waals surface area contributed by atoms with Crippen LogP contribution in [0, 0.1) is 13.8 Å². The van der Waals surface area contributed by atoms with E-state index < -0.39 is 0 Å². The van der Waals surface area contributed by atoms with Gasteiger partial charge in [-0.05, 0) is 43.5 Å². The van der Waals surface area contributed by atoms with Crippen molar-refractivity contribution in [1.29, 1.82) is 0 Å². The largest absolute Gasteiger partial charge is 0.438 e. The number of rotatable bonds is 5. The fourth-order valence-electron chi connectivity index (χ4n) is 2.33. The highest BCUT2D eigenvalue weighted by Crippen LogP contribution is 2.33. The van der Waals surface area contributed by atoms with Crippen LogP contribution in [-0.4, -0.2) is 17.0 Å². The average Bonchev–Trinajstić information content (AvgIpc) is 2.44. The number of aromatic nitrogens is 2. The highest BCUT2D eigenvalue weighted by Gasteiger charge is 2.14. The molecule has 0 atom stereocenters. The standard InChI is InChI=1S/C16H20ClN3O/c1-5-6-13-15(18-4)19-9-20-16(13)21-14-10(2)7-12(17)8-11(14)3/h7-9H,5-6H2,1-4H3,(H,18,19,20). The smallest absolute Gasteiger partial charge is 0.227 e. The summed E-state index contributed by atoms with van der Waals surface area (Å²) in [6.07, 6.45) is 3.37. The second-order valence-electron chi connectivity index (χ2n) is 4.98. The van der Waals surface area contributed by atoms with Crippen LogP contribution in [0.5, 0.6) is 11.6 Å². The molecule has 1 heterocycles. The van der Waals surface area contributed by atoms with Crippen molar-refractivity contribution in [3.8, 4) is 11.6 Å². The maximum absolute atomic E-state index is 6.07. The number of nitrogens with one attached hydrogen (secondary N) is 1. The number of ether oxygens (including phenoxy) is 1. The van der Waals surface area contributed by atoms with Crippen molar-refractivity contribution in [2.75, 3.05) is 12.4 Å². The molecule has 0 aliphatic heterocycles. The van der Waals surface area contributed by atoms with Crippen LogP contribution in [-0.2, 0) is 6.42 Å². The molecule has 0 radical (unpaired) electrons. The molecule has 2 rings (SSSR count). The van der Waals surface area contributed by atoms with Crippen molar-refractivity contribution in [3.05, 3.63) is 40.2 Å². The Kier molecular flexibility index (Phi) is 5.02. The Morgan fingerprint density at radius 2 is 1.86 bits per heavy atom. The summed E-state index contributed by atoms with van der Waals surface area (Å²) in [5.74, 6) is 2.22. The van der Waals surface area contributed by atoms with Crippen molar-refractivity contribution in [2.45, 2.75) is 33.6 Å². The lowest BCUT2D eigenvalue weighted by Gasteiger charge is -2.15. The second kappa shape index (κ2) is 6.76. The molecular weight excluding hydrogens is 286 g/mol. The molecule has 21 heavy (non-hydrogen) atoms. The van der Waals surface area contributed by atoms with Crippen LogP contribution < -0.4 is 10.1 Å². The van der Waals surface area contributed by atoms with Gasteiger partial charge in [0.15, 0.2) is 0 Å². The molecule has 0 aliphatic carbocycles. The lowest BCUT2D eigenvalue weighted by molar-refractivity contribution is 0.448. The number of hydrogen-bond acceptors (Lipinski definition) is 4. The summed E-state index contributed by atoms with van der Waals surface area (Å²) in [6, 6.07) is 3.78. The Labute approximate surface area is 130 Å². The number of benzene rings is 1. The van der Waals surface area contributed by atoms with Gasteiger partial charge in [-0.3, -0.25) is 0 Å². The van der Waals surface area contributed by atoms with Crippen molar-refractivity contribution >= 4 is 17.4 Å². The first-order valence-electron chi connectivity index (χ1n) is 7.03. The zero-order valence-electron chi connectivity index (χ0n) is 12.8. The Balaban J connectivity index is 2.44. The molecule has 1 N–H and O–H groups in total. The molecular formula is C16H20ClN3O. The molecule has 2 aromatic rings. The molecule has 1 aromatic heterocycles. The Bertz CT molecular complexity index is 620. The van der Waals surface area contributed by atoms with E-state index in [0.29, 0.717) is 10.9 Å². The third-order valence-electron chi connectivity index (χ3n) is 3.27. The van der Waals surface area contributed by atoms with Crippen LogP contribution in [0.25, 0.3) is 0 Å². The summed E-state index contributed by atoms with van der Waals surface area (Å²) >= 11 is 6.06. The van der Waals surface area contributed by atoms with Gasteiger partial charge in [0.25, 0.3) is 0 Å². The first-order valence-corrected chi connectivity index (χ1v) is 7.40. The summed E-state index contributed by atoms with van der Waals surface area (Å²) in [6.45, 7) is 6.08. The first kappa shape index (κ1) is 15.6. The lowest BCUT2D eigenvalue weighted by atomic mass is 10.1. The van der Waals surface area contributed by atoms with Crippen LogP contribution in [0.4, 0.5) is 5.82 Å². The number of nitrogens with zero attached hydrogens (tertiary/aromatic N) is 2. The molecule has 0 unspecified atom stereocenters. The Morgan fingerprint density at radius 3 is 2.43 bits per heavy atom. The van der Waals surface area contributed by atoms with E-state index in [0.717, 1.165) is 41.1 Å². The van der Waals surface area contributed by atoms with Crippen molar-refractivity contribution in [2.24, 2.45) is 0 Å². The summed E-state index contributed by atoms with van der Waals surface area (Å²) < 4.78 is 6.07. The van der Waals surface area contributed by atoms with Crippen LogP contribution in [0.1, 0.15) is 30.0 Å². The molecule has 0 amide bonds. The summed E-state index contributed by atoms with van der Waals surface area (Å²) in [5, 5.41) is 3.81. The Hall–Kier alpha value is -1.81. The number of aryl methyl sites for hydroxylation is 2. The van der Waals surface area contributed by atoms with E-state index >= 15 is 0 Å². The minimum Gasteiger partial charge on any atom is -0.438 e. The third kappa shape index (κ3) is 3.45. The van der Waals surface area contributed by atoms with Gasteiger partial charge in [-0.25, -0.2) is 9.97 Å². The highest BCUT2D eigenvalue weighted by atomic mass is 35.5. The third-order valence-corrected chi connectivity index (χ3v) is 3.48. The van der Waals surface area contributed by atoms with Crippen molar-refractivity contribution in [3.63, 3.8) is 0 Å².